The highest BCUT2D eigenvalue weighted by atomic mass is 16.4. The molecule has 1 rings (SSSR count). The summed E-state index contributed by atoms with van der Waals surface area (Å²) in [5.41, 5.74) is 3.37. The van der Waals surface area contributed by atoms with E-state index in [0.717, 1.165) is 16.7 Å². The van der Waals surface area contributed by atoms with Gasteiger partial charge >= 0.3 is 5.97 Å². The van der Waals surface area contributed by atoms with E-state index in [0.29, 0.717) is 5.56 Å². The summed E-state index contributed by atoms with van der Waals surface area (Å²) >= 11 is 0. The minimum atomic E-state index is -1.05. The highest BCUT2D eigenvalue weighted by Gasteiger charge is 2.13. The van der Waals surface area contributed by atoms with Gasteiger partial charge in [-0.25, -0.2) is 0 Å². The number of carboxylic acid groups (broad SMARTS) is 1. The average molecular weight is 221 g/mol. The quantitative estimate of drug-likeness (QED) is 0.811. The van der Waals surface area contributed by atoms with Crippen molar-refractivity contribution in [2.24, 2.45) is 0 Å². The fourth-order valence-electron chi connectivity index (χ4n) is 1.78. The second-order valence-electron chi connectivity index (χ2n) is 3.85. The molecule has 0 radical (unpaired) electrons. The third kappa shape index (κ3) is 2.82. The van der Waals surface area contributed by atoms with E-state index in [2.05, 4.69) is 5.32 Å². The molecule has 0 spiro atoms. The van der Waals surface area contributed by atoms with Crippen LogP contribution in [0, 0.1) is 20.8 Å². The van der Waals surface area contributed by atoms with Crippen LogP contribution in [0.5, 0.6) is 0 Å². The van der Waals surface area contributed by atoms with Crippen molar-refractivity contribution in [3.05, 3.63) is 34.4 Å². The lowest BCUT2D eigenvalue weighted by atomic mass is 9.99. The molecule has 0 atom stereocenters. The molecule has 0 bridgehead atoms. The zero-order chi connectivity index (χ0) is 12.3. The van der Waals surface area contributed by atoms with Crippen LogP contribution < -0.4 is 5.32 Å². The van der Waals surface area contributed by atoms with Crippen molar-refractivity contribution in [1.29, 1.82) is 0 Å². The van der Waals surface area contributed by atoms with E-state index in [1.165, 1.54) is 0 Å². The summed E-state index contributed by atoms with van der Waals surface area (Å²) in [6.07, 6.45) is 0. The maximum absolute atomic E-state index is 11.7. The summed E-state index contributed by atoms with van der Waals surface area (Å²) < 4.78 is 0. The number of nitrogens with one attached hydrogen (secondary N) is 1. The van der Waals surface area contributed by atoms with Crippen molar-refractivity contribution in [2.75, 3.05) is 6.54 Å². The molecule has 0 aromatic heterocycles. The first-order chi connectivity index (χ1) is 7.41. The van der Waals surface area contributed by atoms with Crippen LogP contribution in [-0.4, -0.2) is 23.5 Å². The number of hydrogen-bond donors (Lipinski definition) is 2. The molecule has 0 saturated heterocycles. The van der Waals surface area contributed by atoms with Gasteiger partial charge in [-0.1, -0.05) is 17.7 Å². The molecule has 16 heavy (non-hydrogen) atoms. The van der Waals surface area contributed by atoms with Crippen LogP contribution in [0.4, 0.5) is 0 Å². The summed E-state index contributed by atoms with van der Waals surface area (Å²) in [5, 5.41) is 10.8. The summed E-state index contributed by atoms with van der Waals surface area (Å²) in [7, 11) is 0. The van der Waals surface area contributed by atoms with E-state index in [4.69, 9.17) is 5.11 Å². The Bertz CT molecular complexity index is 415. The topological polar surface area (TPSA) is 66.4 Å². The second-order valence-corrected chi connectivity index (χ2v) is 3.85. The maximum Gasteiger partial charge on any atom is 0.322 e. The van der Waals surface area contributed by atoms with Gasteiger partial charge in [0.05, 0.1) is 0 Å². The lowest BCUT2D eigenvalue weighted by Gasteiger charge is -2.10. The molecule has 0 aliphatic rings. The van der Waals surface area contributed by atoms with E-state index in [9.17, 15) is 9.59 Å². The van der Waals surface area contributed by atoms with E-state index >= 15 is 0 Å². The van der Waals surface area contributed by atoms with Crippen molar-refractivity contribution in [1.82, 2.24) is 5.32 Å². The Morgan fingerprint density at radius 3 is 2.12 bits per heavy atom. The van der Waals surface area contributed by atoms with Crippen LogP contribution in [0.15, 0.2) is 12.1 Å². The predicted molar refractivity (Wildman–Crippen MR) is 60.6 cm³/mol. The Kier molecular flexibility index (Phi) is 3.66. The second kappa shape index (κ2) is 4.79. The molecule has 2 N–H and O–H groups in total. The zero-order valence-corrected chi connectivity index (χ0v) is 9.63. The molecule has 0 heterocycles. The number of rotatable bonds is 3. The number of benzene rings is 1. The molecule has 0 aliphatic heterocycles. The van der Waals surface area contributed by atoms with Crippen molar-refractivity contribution in [2.45, 2.75) is 20.8 Å². The lowest BCUT2D eigenvalue weighted by Crippen LogP contribution is -2.30. The Morgan fingerprint density at radius 2 is 1.69 bits per heavy atom. The van der Waals surface area contributed by atoms with E-state index < -0.39 is 5.97 Å². The number of hydrogen-bond acceptors (Lipinski definition) is 2. The third-order valence-electron chi connectivity index (χ3n) is 2.30. The van der Waals surface area contributed by atoms with Crippen LogP contribution in [0.25, 0.3) is 0 Å². The molecular formula is C12H15NO3. The molecule has 1 amide bonds. The number of carbonyl (C=O) groups is 2. The fourth-order valence-corrected chi connectivity index (χ4v) is 1.78. The molecule has 0 saturated carbocycles. The first-order valence-corrected chi connectivity index (χ1v) is 4.99. The van der Waals surface area contributed by atoms with Gasteiger partial charge in [-0.3, -0.25) is 9.59 Å². The van der Waals surface area contributed by atoms with Crippen molar-refractivity contribution < 1.29 is 14.7 Å². The summed E-state index contributed by atoms with van der Waals surface area (Å²) in [4.78, 5) is 22.1. The Balaban J connectivity index is 2.95. The van der Waals surface area contributed by atoms with Crippen LogP contribution in [0.1, 0.15) is 27.0 Å². The largest absolute Gasteiger partial charge is 0.480 e. The number of carboxylic acids is 1. The zero-order valence-electron chi connectivity index (χ0n) is 9.63. The van der Waals surface area contributed by atoms with Crippen LogP contribution in [-0.2, 0) is 4.79 Å². The number of aryl methyl sites for hydroxylation is 3. The average Bonchev–Trinajstić information content (AvgIpc) is 2.12. The Labute approximate surface area is 94.3 Å². The molecule has 1 aromatic carbocycles. The third-order valence-corrected chi connectivity index (χ3v) is 2.30. The van der Waals surface area contributed by atoms with Crippen molar-refractivity contribution in [3.8, 4) is 0 Å². The van der Waals surface area contributed by atoms with Gasteiger partial charge in [-0.15, -0.1) is 0 Å². The molecular weight excluding hydrogens is 206 g/mol. The van der Waals surface area contributed by atoms with Gasteiger partial charge in [0.15, 0.2) is 0 Å². The number of amides is 1. The Morgan fingerprint density at radius 1 is 1.19 bits per heavy atom. The van der Waals surface area contributed by atoms with Gasteiger partial charge < -0.3 is 10.4 Å². The molecule has 0 aliphatic carbocycles. The first-order valence-electron chi connectivity index (χ1n) is 4.99. The van der Waals surface area contributed by atoms with Gasteiger partial charge in [-0.2, -0.15) is 0 Å². The highest BCUT2D eigenvalue weighted by Crippen LogP contribution is 2.15. The normalized spacial score (nSPS) is 9.94. The van der Waals surface area contributed by atoms with Crippen LogP contribution in [0.2, 0.25) is 0 Å². The van der Waals surface area contributed by atoms with Crippen LogP contribution in [0.3, 0.4) is 0 Å². The molecule has 4 nitrogen and oxygen atoms in total. The monoisotopic (exact) mass is 221 g/mol. The molecule has 86 valence electrons. The smallest absolute Gasteiger partial charge is 0.322 e. The molecule has 0 fully saturated rings. The fraction of sp³-hybridized carbons (Fsp3) is 0.333. The Hall–Kier alpha value is -1.84. The van der Waals surface area contributed by atoms with Gasteiger partial charge in [0.25, 0.3) is 5.91 Å². The molecule has 1 aromatic rings. The standard InChI is InChI=1S/C12H15NO3/c1-7-4-8(2)11(9(3)5-7)12(16)13-6-10(14)15/h4-5H,6H2,1-3H3,(H,13,16)(H,14,15). The summed E-state index contributed by atoms with van der Waals surface area (Å²) in [6, 6.07) is 3.81. The van der Waals surface area contributed by atoms with Crippen LogP contribution >= 0.6 is 0 Å². The minimum absolute atomic E-state index is 0.336. The lowest BCUT2D eigenvalue weighted by molar-refractivity contribution is -0.135. The van der Waals surface area contributed by atoms with Gasteiger partial charge in [0.2, 0.25) is 0 Å². The van der Waals surface area contributed by atoms with E-state index in [1.54, 1.807) is 0 Å². The van der Waals surface area contributed by atoms with Crippen molar-refractivity contribution >= 4 is 11.9 Å². The minimum Gasteiger partial charge on any atom is -0.480 e. The molecule has 4 heteroatoms. The van der Waals surface area contributed by atoms with E-state index in [1.807, 2.05) is 32.9 Å². The summed E-state index contributed by atoms with van der Waals surface area (Å²) in [5.74, 6) is -1.38. The van der Waals surface area contributed by atoms with Gasteiger partial charge in [-0.05, 0) is 31.9 Å². The predicted octanol–water partition coefficient (Wildman–Crippen LogP) is 1.43. The highest BCUT2D eigenvalue weighted by molar-refractivity contribution is 5.98. The maximum atomic E-state index is 11.7. The number of aliphatic carboxylic acids is 1. The van der Waals surface area contributed by atoms with Crippen molar-refractivity contribution in [3.63, 3.8) is 0 Å². The van der Waals surface area contributed by atoms with E-state index in [-0.39, 0.29) is 12.5 Å². The summed E-state index contributed by atoms with van der Waals surface area (Å²) in [6.45, 7) is 5.29. The van der Waals surface area contributed by atoms with Gasteiger partial charge in [0.1, 0.15) is 6.54 Å². The number of carbonyl (C=O) groups excluding carboxylic acids is 1. The SMILES string of the molecule is Cc1cc(C)c(C(=O)NCC(=O)O)c(C)c1. The molecule has 0 unspecified atom stereocenters. The van der Waals surface area contributed by atoms with Gasteiger partial charge in [0, 0.05) is 5.56 Å². The first kappa shape index (κ1) is 12.2.